The second-order valence-corrected chi connectivity index (χ2v) is 5.97. The Morgan fingerprint density at radius 1 is 1.38 bits per heavy atom. The summed E-state index contributed by atoms with van der Waals surface area (Å²) in [4.78, 5) is 2.29. The van der Waals surface area contributed by atoms with Crippen LogP contribution in [0.4, 0.5) is 5.69 Å². The average Bonchev–Trinajstić information content (AvgIpc) is 2.63. The third kappa shape index (κ3) is 2.65. The van der Waals surface area contributed by atoms with E-state index in [1.165, 1.54) is 0 Å². The number of aliphatic hydroxyl groups excluding tert-OH is 1. The van der Waals surface area contributed by atoms with Gasteiger partial charge in [-0.15, -0.1) is 0 Å². The van der Waals surface area contributed by atoms with Crippen molar-refractivity contribution in [1.29, 1.82) is 0 Å². The van der Waals surface area contributed by atoms with Crippen LogP contribution in [0.5, 0.6) is 0 Å². The van der Waals surface area contributed by atoms with Crippen molar-refractivity contribution in [3.63, 3.8) is 0 Å². The molecule has 1 N–H and O–H groups in total. The Balaban J connectivity index is 1.97. The van der Waals surface area contributed by atoms with E-state index in [1.807, 2.05) is 32.2 Å². The fourth-order valence-corrected chi connectivity index (χ4v) is 3.25. The van der Waals surface area contributed by atoms with Gasteiger partial charge in [0.25, 0.3) is 0 Å². The zero-order valence-corrected chi connectivity index (χ0v) is 13.1. The SMILES string of the molecule is Cc1nn(C)c(Cl)c1CN1CCCC(O)c2ccccc21. The van der Waals surface area contributed by atoms with Crippen molar-refractivity contribution in [1.82, 2.24) is 9.78 Å². The maximum atomic E-state index is 10.3. The van der Waals surface area contributed by atoms with E-state index in [2.05, 4.69) is 16.1 Å². The number of rotatable bonds is 2. The molecule has 1 atom stereocenters. The predicted molar refractivity (Wildman–Crippen MR) is 84.6 cm³/mol. The molecule has 2 heterocycles. The number of benzene rings is 1. The van der Waals surface area contributed by atoms with Crippen molar-refractivity contribution in [2.45, 2.75) is 32.4 Å². The number of aliphatic hydroxyl groups is 1. The second-order valence-electron chi connectivity index (χ2n) is 5.62. The van der Waals surface area contributed by atoms with Crippen molar-refractivity contribution in [3.8, 4) is 0 Å². The molecule has 5 heteroatoms. The Kier molecular flexibility index (Phi) is 3.91. The molecule has 0 bridgehead atoms. The van der Waals surface area contributed by atoms with Gasteiger partial charge in [0.1, 0.15) is 5.15 Å². The van der Waals surface area contributed by atoms with Gasteiger partial charge in [-0.1, -0.05) is 29.8 Å². The molecule has 1 aromatic carbocycles. The maximum Gasteiger partial charge on any atom is 0.131 e. The lowest BCUT2D eigenvalue weighted by Gasteiger charge is -2.25. The van der Waals surface area contributed by atoms with Gasteiger partial charge >= 0.3 is 0 Å². The van der Waals surface area contributed by atoms with Gasteiger partial charge in [-0.2, -0.15) is 5.10 Å². The first-order chi connectivity index (χ1) is 10.1. The number of hydrogen-bond donors (Lipinski definition) is 1. The van der Waals surface area contributed by atoms with E-state index in [-0.39, 0.29) is 6.10 Å². The van der Waals surface area contributed by atoms with Crippen LogP contribution in [0.15, 0.2) is 24.3 Å². The van der Waals surface area contributed by atoms with Crippen LogP contribution in [0.3, 0.4) is 0 Å². The number of aryl methyl sites for hydroxylation is 2. The summed E-state index contributed by atoms with van der Waals surface area (Å²) in [6.07, 6.45) is 1.39. The highest BCUT2D eigenvalue weighted by molar-refractivity contribution is 6.30. The number of nitrogens with zero attached hydrogens (tertiary/aromatic N) is 3. The molecule has 0 fully saturated rings. The second kappa shape index (κ2) is 5.70. The van der Waals surface area contributed by atoms with E-state index in [9.17, 15) is 5.11 Å². The highest BCUT2D eigenvalue weighted by Crippen LogP contribution is 2.34. The van der Waals surface area contributed by atoms with Crippen LogP contribution in [0.25, 0.3) is 0 Å². The molecule has 1 aromatic heterocycles. The molecule has 1 aliphatic rings. The summed E-state index contributed by atoms with van der Waals surface area (Å²) >= 11 is 6.35. The molecular weight excluding hydrogens is 286 g/mol. The van der Waals surface area contributed by atoms with Crippen LogP contribution in [-0.2, 0) is 13.6 Å². The van der Waals surface area contributed by atoms with E-state index < -0.39 is 0 Å². The maximum absolute atomic E-state index is 10.3. The molecule has 3 rings (SSSR count). The van der Waals surface area contributed by atoms with Crippen molar-refractivity contribution >= 4 is 17.3 Å². The molecule has 1 unspecified atom stereocenters. The van der Waals surface area contributed by atoms with Gasteiger partial charge in [0, 0.05) is 37.0 Å². The van der Waals surface area contributed by atoms with Gasteiger partial charge in [-0.3, -0.25) is 4.68 Å². The normalized spacial score (nSPS) is 18.5. The van der Waals surface area contributed by atoms with E-state index >= 15 is 0 Å². The molecular formula is C16H20ClN3O. The van der Waals surface area contributed by atoms with Crippen molar-refractivity contribution < 1.29 is 5.11 Å². The first kappa shape index (κ1) is 14.4. The Morgan fingerprint density at radius 2 is 2.14 bits per heavy atom. The first-order valence-corrected chi connectivity index (χ1v) is 7.65. The Bertz CT molecular complexity index is 653. The van der Waals surface area contributed by atoms with Crippen molar-refractivity contribution in [3.05, 3.63) is 46.2 Å². The van der Waals surface area contributed by atoms with Crippen molar-refractivity contribution in [2.75, 3.05) is 11.4 Å². The molecule has 1 aliphatic heterocycles. The van der Waals surface area contributed by atoms with Crippen LogP contribution in [0.1, 0.15) is 35.8 Å². The summed E-state index contributed by atoms with van der Waals surface area (Å²) in [5.74, 6) is 0. The van der Waals surface area contributed by atoms with Crippen LogP contribution in [0, 0.1) is 6.92 Å². The summed E-state index contributed by atoms with van der Waals surface area (Å²) in [5, 5.41) is 15.3. The lowest BCUT2D eigenvalue weighted by Crippen LogP contribution is -2.24. The zero-order valence-electron chi connectivity index (χ0n) is 12.4. The number of halogens is 1. The van der Waals surface area contributed by atoms with Gasteiger partial charge < -0.3 is 10.0 Å². The molecule has 0 aliphatic carbocycles. The predicted octanol–water partition coefficient (Wildman–Crippen LogP) is 3.22. The van der Waals surface area contributed by atoms with Gasteiger partial charge in [-0.05, 0) is 25.8 Å². The summed E-state index contributed by atoms with van der Waals surface area (Å²) < 4.78 is 1.71. The van der Waals surface area contributed by atoms with Gasteiger partial charge in [0.15, 0.2) is 0 Å². The van der Waals surface area contributed by atoms with E-state index in [0.29, 0.717) is 5.15 Å². The molecule has 112 valence electrons. The minimum absolute atomic E-state index is 0.378. The van der Waals surface area contributed by atoms with Gasteiger partial charge in [-0.25, -0.2) is 0 Å². The Labute approximate surface area is 130 Å². The van der Waals surface area contributed by atoms with E-state index in [0.717, 1.165) is 48.4 Å². The summed E-state index contributed by atoms with van der Waals surface area (Å²) in [5.41, 5.74) is 4.13. The quantitative estimate of drug-likeness (QED) is 0.926. The zero-order chi connectivity index (χ0) is 15.0. The molecule has 0 radical (unpaired) electrons. The van der Waals surface area contributed by atoms with Gasteiger partial charge in [0.05, 0.1) is 11.8 Å². The molecule has 0 amide bonds. The molecule has 0 saturated heterocycles. The Hall–Kier alpha value is -1.52. The van der Waals surface area contributed by atoms with Crippen LogP contribution in [0.2, 0.25) is 5.15 Å². The molecule has 2 aromatic rings. The third-order valence-electron chi connectivity index (χ3n) is 4.16. The first-order valence-electron chi connectivity index (χ1n) is 7.28. The fourth-order valence-electron chi connectivity index (χ4n) is 3.02. The number of fused-ring (bicyclic) bond motifs is 1. The Morgan fingerprint density at radius 3 is 2.86 bits per heavy atom. The van der Waals surface area contributed by atoms with Crippen LogP contribution >= 0.6 is 11.6 Å². The van der Waals surface area contributed by atoms with E-state index in [1.54, 1.807) is 4.68 Å². The van der Waals surface area contributed by atoms with Crippen molar-refractivity contribution in [2.24, 2.45) is 7.05 Å². The summed E-state index contributed by atoms with van der Waals surface area (Å²) in [7, 11) is 1.86. The molecule has 0 spiro atoms. The number of anilines is 1. The number of aromatic nitrogens is 2. The third-order valence-corrected chi connectivity index (χ3v) is 4.63. The molecule has 0 saturated carbocycles. The number of hydrogen-bond acceptors (Lipinski definition) is 3. The minimum atomic E-state index is -0.378. The molecule has 4 nitrogen and oxygen atoms in total. The highest BCUT2D eigenvalue weighted by Gasteiger charge is 2.23. The standard InChI is InChI=1S/C16H20ClN3O/c1-11-13(16(17)19(2)18-11)10-20-9-5-8-15(21)12-6-3-4-7-14(12)20/h3-4,6-7,15,21H,5,8-10H2,1-2H3. The van der Waals surface area contributed by atoms with Crippen LogP contribution < -0.4 is 4.90 Å². The van der Waals surface area contributed by atoms with Gasteiger partial charge in [0.2, 0.25) is 0 Å². The largest absolute Gasteiger partial charge is 0.388 e. The summed E-state index contributed by atoms with van der Waals surface area (Å²) in [6.45, 7) is 3.63. The highest BCUT2D eigenvalue weighted by atomic mass is 35.5. The smallest absolute Gasteiger partial charge is 0.131 e. The lowest BCUT2D eigenvalue weighted by molar-refractivity contribution is 0.168. The van der Waals surface area contributed by atoms with Crippen LogP contribution in [-0.4, -0.2) is 21.4 Å². The minimum Gasteiger partial charge on any atom is -0.388 e. The average molecular weight is 306 g/mol. The fraction of sp³-hybridized carbons (Fsp3) is 0.438. The number of para-hydroxylation sites is 1. The van der Waals surface area contributed by atoms with E-state index in [4.69, 9.17) is 11.6 Å². The molecule has 21 heavy (non-hydrogen) atoms. The monoisotopic (exact) mass is 305 g/mol. The topological polar surface area (TPSA) is 41.3 Å². The lowest BCUT2D eigenvalue weighted by atomic mass is 10.0. The summed E-state index contributed by atoms with van der Waals surface area (Å²) in [6, 6.07) is 8.08.